The van der Waals surface area contributed by atoms with Gasteiger partial charge < -0.3 is 15.2 Å². The second kappa shape index (κ2) is 11.2. The lowest BCUT2D eigenvalue weighted by molar-refractivity contribution is -0.137. The molecule has 1 unspecified atom stereocenters. The Labute approximate surface area is 209 Å². The Bertz CT molecular complexity index is 996. The van der Waals surface area contributed by atoms with Gasteiger partial charge in [-0.25, -0.2) is 9.10 Å². The number of rotatable bonds is 6. The molecule has 2 aromatic carbocycles. The molecule has 3 rings (SSSR count). The Morgan fingerprint density at radius 1 is 1.20 bits per heavy atom. The average molecular weight is 511 g/mol. The fourth-order valence-corrected chi connectivity index (χ4v) is 5.29. The van der Waals surface area contributed by atoms with Crippen LogP contribution in [0, 0.1) is 5.92 Å². The van der Waals surface area contributed by atoms with E-state index >= 15 is 0 Å². The third-order valence-electron chi connectivity index (χ3n) is 5.56. The number of halogens is 3. The first-order chi connectivity index (χ1) is 16.3. The lowest BCUT2D eigenvalue weighted by Crippen LogP contribution is -2.50. The van der Waals surface area contributed by atoms with Crippen molar-refractivity contribution < 1.29 is 27.8 Å². The Hall–Kier alpha value is -2.23. The lowest BCUT2D eigenvalue weighted by Gasteiger charge is -2.30. The minimum absolute atomic E-state index is 0.165. The number of nitrogens with one attached hydrogen (secondary N) is 1. The molecule has 1 amide bonds. The zero-order valence-corrected chi connectivity index (χ0v) is 21.2. The Morgan fingerprint density at radius 3 is 2.51 bits per heavy atom. The summed E-state index contributed by atoms with van der Waals surface area (Å²) in [5.74, 6) is 0.180. The van der Waals surface area contributed by atoms with Crippen molar-refractivity contribution in [2.75, 3.05) is 13.1 Å². The zero-order valence-electron chi connectivity index (χ0n) is 20.4. The number of hydrogen-bond acceptors (Lipinski definition) is 5. The molecule has 3 atom stereocenters. The van der Waals surface area contributed by atoms with Crippen molar-refractivity contribution in [1.82, 2.24) is 9.62 Å². The van der Waals surface area contributed by atoms with Gasteiger partial charge in [0.25, 0.3) is 0 Å². The molecule has 0 saturated heterocycles. The second-order valence-electron chi connectivity index (χ2n) is 10.1. The van der Waals surface area contributed by atoms with E-state index in [0.717, 1.165) is 17.2 Å². The maximum Gasteiger partial charge on any atom is 0.416 e. The number of amides is 1. The number of fused-ring (bicyclic) bond motifs is 1. The molecule has 0 aromatic heterocycles. The first kappa shape index (κ1) is 27.4. The van der Waals surface area contributed by atoms with Crippen LogP contribution < -0.4 is 5.32 Å². The van der Waals surface area contributed by atoms with Crippen molar-refractivity contribution in [1.29, 1.82) is 0 Å². The number of nitrogens with zero attached hydrogens (tertiary/aromatic N) is 1. The predicted molar refractivity (Wildman–Crippen MR) is 131 cm³/mol. The van der Waals surface area contributed by atoms with Crippen LogP contribution in [0.2, 0.25) is 0 Å². The van der Waals surface area contributed by atoms with E-state index in [2.05, 4.69) is 5.32 Å². The SMILES string of the molecule is CC1Cc2ccc(C(F)(F)F)cc2SN(C[C@@H](O)[C@H](Cc2ccccc2)NC(=O)OC(C)(C)C)C1. The van der Waals surface area contributed by atoms with E-state index < -0.39 is 35.6 Å². The van der Waals surface area contributed by atoms with E-state index in [1.807, 2.05) is 41.6 Å². The minimum atomic E-state index is -4.42. The average Bonchev–Trinajstić information content (AvgIpc) is 2.88. The van der Waals surface area contributed by atoms with Crippen LogP contribution in [0.3, 0.4) is 0 Å². The molecule has 2 aromatic rings. The highest BCUT2D eigenvalue weighted by Crippen LogP contribution is 2.38. The summed E-state index contributed by atoms with van der Waals surface area (Å²) in [6.45, 7) is 8.07. The fraction of sp³-hybridized carbons (Fsp3) is 0.500. The molecule has 9 heteroatoms. The smallest absolute Gasteiger partial charge is 0.416 e. The van der Waals surface area contributed by atoms with Gasteiger partial charge in [0.05, 0.1) is 17.7 Å². The number of carbonyl (C=O) groups is 1. The number of carbonyl (C=O) groups excluding carboxylic acids is 1. The highest BCUT2D eigenvalue weighted by molar-refractivity contribution is 7.97. The van der Waals surface area contributed by atoms with Gasteiger partial charge in [-0.05, 0) is 74.7 Å². The third-order valence-corrected chi connectivity index (χ3v) is 6.69. The zero-order chi connectivity index (χ0) is 25.8. The number of β-amino-alcohol motifs (C(OH)–C–C–N with tert-alkyl or cyclic N) is 1. The number of ether oxygens (including phenoxy) is 1. The van der Waals surface area contributed by atoms with Crippen LogP contribution in [0.5, 0.6) is 0 Å². The molecule has 0 fully saturated rings. The van der Waals surface area contributed by atoms with E-state index in [1.54, 1.807) is 26.8 Å². The number of alkyl halides is 3. The maximum atomic E-state index is 13.3. The molecule has 0 radical (unpaired) electrons. The highest BCUT2D eigenvalue weighted by Gasteiger charge is 2.33. The van der Waals surface area contributed by atoms with Crippen LogP contribution in [-0.4, -0.2) is 46.3 Å². The van der Waals surface area contributed by atoms with Gasteiger partial charge >= 0.3 is 12.3 Å². The van der Waals surface area contributed by atoms with Gasteiger partial charge in [0, 0.05) is 18.0 Å². The molecule has 0 spiro atoms. The fourth-order valence-electron chi connectivity index (χ4n) is 4.01. The van der Waals surface area contributed by atoms with Crippen molar-refractivity contribution in [2.45, 2.75) is 69.4 Å². The summed E-state index contributed by atoms with van der Waals surface area (Å²) in [6.07, 6.45) is -5.00. The van der Waals surface area contributed by atoms with Crippen molar-refractivity contribution in [2.24, 2.45) is 5.92 Å². The van der Waals surface area contributed by atoms with E-state index in [-0.39, 0.29) is 12.5 Å². The summed E-state index contributed by atoms with van der Waals surface area (Å²) < 4.78 is 47.1. The van der Waals surface area contributed by atoms with Gasteiger partial charge in [0.2, 0.25) is 0 Å². The standard InChI is InChI=1S/C26H33F3N2O3S/c1-17-12-19-10-11-20(26(27,28)29)14-23(19)35-31(15-17)16-22(32)21(13-18-8-6-5-7-9-18)30-24(33)34-25(2,3)4/h5-11,14,17,21-22,32H,12-13,15-16H2,1-4H3,(H,30,33)/t17?,21-,22+/m0/s1. The number of aliphatic hydroxyl groups is 1. The molecule has 192 valence electrons. The first-order valence-corrected chi connectivity index (χ1v) is 12.4. The van der Waals surface area contributed by atoms with Crippen LogP contribution in [0.4, 0.5) is 18.0 Å². The molecule has 2 N–H and O–H groups in total. The van der Waals surface area contributed by atoms with Gasteiger partial charge in [0.1, 0.15) is 5.60 Å². The molecule has 1 aliphatic rings. The number of alkyl carbamates (subject to hydrolysis) is 1. The van der Waals surface area contributed by atoms with Crippen LogP contribution in [0.15, 0.2) is 53.4 Å². The quantitative estimate of drug-likeness (QED) is 0.488. The number of hydrogen-bond donors (Lipinski definition) is 2. The summed E-state index contributed by atoms with van der Waals surface area (Å²) in [6, 6.07) is 12.7. The van der Waals surface area contributed by atoms with Crippen molar-refractivity contribution in [3.05, 3.63) is 65.2 Å². The lowest BCUT2D eigenvalue weighted by atomic mass is 9.99. The van der Waals surface area contributed by atoms with Crippen LogP contribution in [-0.2, 0) is 23.8 Å². The molecule has 0 saturated carbocycles. The van der Waals surface area contributed by atoms with Crippen molar-refractivity contribution >= 4 is 18.0 Å². The maximum absolute atomic E-state index is 13.3. The molecule has 35 heavy (non-hydrogen) atoms. The van der Waals surface area contributed by atoms with Gasteiger partial charge in [-0.1, -0.05) is 43.3 Å². The molecule has 0 bridgehead atoms. The van der Waals surface area contributed by atoms with E-state index in [9.17, 15) is 23.1 Å². The summed E-state index contributed by atoms with van der Waals surface area (Å²) in [5.41, 5.74) is 0.416. The van der Waals surface area contributed by atoms with Crippen LogP contribution in [0.1, 0.15) is 44.4 Å². The van der Waals surface area contributed by atoms with Crippen LogP contribution >= 0.6 is 11.9 Å². The Kier molecular flexibility index (Phi) is 8.77. The Balaban J connectivity index is 1.78. The predicted octanol–water partition coefficient (Wildman–Crippen LogP) is 5.70. The van der Waals surface area contributed by atoms with Gasteiger partial charge in [-0.3, -0.25) is 0 Å². The summed E-state index contributed by atoms with van der Waals surface area (Å²) >= 11 is 1.22. The first-order valence-electron chi connectivity index (χ1n) is 11.6. The van der Waals surface area contributed by atoms with E-state index in [0.29, 0.717) is 24.3 Å². The second-order valence-corrected chi connectivity index (χ2v) is 11.2. The van der Waals surface area contributed by atoms with Crippen molar-refractivity contribution in [3.8, 4) is 0 Å². The van der Waals surface area contributed by atoms with Gasteiger partial charge in [-0.15, -0.1) is 0 Å². The summed E-state index contributed by atoms with van der Waals surface area (Å²) in [5, 5.41) is 14.0. The number of aliphatic hydroxyl groups excluding tert-OH is 1. The van der Waals surface area contributed by atoms with Gasteiger partial charge in [0.15, 0.2) is 0 Å². The van der Waals surface area contributed by atoms with Crippen molar-refractivity contribution in [3.63, 3.8) is 0 Å². The molecular weight excluding hydrogens is 477 g/mol. The largest absolute Gasteiger partial charge is 0.444 e. The minimum Gasteiger partial charge on any atom is -0.444 e. The van der Waals surface area contributed by atoms with Gasteiger partial charge in [-0.2, -0.15) is 13.2 Å². The molecular formula is C26H33F3N2O3S. The monoisotopic (exact) mass is 510 g/mol. The normalized spacial score (nSPS) is 18.8. The molecule has 5 nitrogen and oxygen atoms in total. The highest BCUT2D eigenvalue weighted by atomic mass is 32.2. The topological polar surface area (TPSA) is 61.8 Å². The molecule has 1 heterocycles. The summed E-state index contributed by atoms with van der Waals surface area (Å²) in [7, 11) is 0. The van der Waals surface area contributed by atoms with Crippen LogP contribution in [0.25, 0.3) is 0 Å². The molecule has 0 aliphatic carbocycles. The Morgan fingerprint density at radius 2 is 1.89 bits per heavy atom. The number of benzene rings is 2. The molecule has 1 aliphatic heterocycles. The van der Waals surface area contributed by atoms with E-state index in [1.165, 1.54) is 18.0 Å². The summed E-state index contributed by atoms with van der Waals surface area (Å²) in [4.78, 5) is 13.0. The van der Waals surface area contributed by atoms with E-state index in [4.69, 9.17) is 4.74 Å². The third kappa shape index (κ3) is 8.44.